The molecule has 0 atom stereocenters. The summed E-state index contributed by atoms with van der Waals surface area (Å²) in [5.41, 5.74) is 1.68. The molecule has 0 aromatic heterocycles. The van der Waals surface area contributed by atoms with Crippen molar-refractivity contribution in [3.63, 3.8) is 0 Å². The highest BCUT2D eigenvalue weighted by Crippen LogP contribution is 2.18. The Labute approximate surface area is 144 Å². The molecular formula is C17H27N3O3S. The highest BCUT2D eigenvalue weighted by molar-refractivity contribution is 7.92. The first-order chi connectivity index (χ1) is 11.4. The number of amides is 2. The highest BCUT2D eigenvalue weighted by Gasteiger charge is 2.18. The Kier molecular flexibility index (Phi) is 6.48. The number of rotatable bonds is 6. The van der Waals surface area contributed by atoms with Gasteiger partial charge in [0, 0.05) is 12.6 Å². The van der Waals surface area contributed by atoms with Crippen LogP contribution in [0.3, 0.4) is 0 Å². The van der Waals surface area contributed by atoms with Crippen molar-refractivity contribution < 1.29 is 13.2 Å². The van der Waals surface area contributed by atoms with Gasteiger partial charge in [0.25, 0.3) is 0 Å². The van der Waals surface area contributed by atoms with Crippen LogP contribution in [-0.2, 0) is 10.0 Å². The number of carbonyl (C=O) groups excluding carboxylic acids is 1. The lowest BCUT2D eigenvalue weighted by Gasteiger charge is -2.24. The first kappa shape index (κ1) is 18.6. The number of nitrogens with one attached hydrogen (secondary N) is 2. The molecule has 0 aliphatic heterocycles. The maximum absolute atomic E-state index is 12.0. The minimum atomic E-state index is -3.39. The van der Waals surface area contributed by atoms with Crippen molar-refractivity contribution in [2.45, 2.75) is 45.1 Å². The molecule has 1 fully saturated rings. The fourth-order valence-corrected chi connectivity index (χ4v) is 3.88. The second kappa shape index (κ2) is 8.37. The van der Waals surface area contributed by atoms with E-state index in [4.69, 9.17) is 0 Å². The normalized spacial score (nSPS) is 15.8. The topological polar surface area (TPSA) is 78.5 Å². The van der Waals surface area contributed by atoms with Crippen LogP contribution in [0.15, 0.2) is 24.3 Å². The number of nitrogens with zero attached hydrogens (tertiary/aromatic N) is 1. The molecule has 2 N–H and O–H groups in total. The minimum absolute atomic E-state index is 0.208. The third-order valence-corrected chi connectivity index (χ3v) is 5.46. The molecule has 0 bridgehead atoms. The molecule has 0 radical (unpaired) electrons. The smallest absolute Gasteiger partial charge is 0.315 e. The number of urea groups is 1. The van der Waals surface area contributed by atoms with E-state index in [2.05, 4.69) is 10.6 Å². The van der Waals surface area contributed by atoms with Crippen molar-refractivity contribution in [3.05, 3.63) is 29.8 Å². The first-order valence-corrected chi connectivity index (χ1v) is 10.3. The Morgan fingerprint density at radius 3 is 2.38 bits per heavy atom. The van der Waals surface area contributed by atoms with Crippen LogP contribution in [0, 0.1) is 6.92 Å². The molecular weight excluding hydrogens is 326 g/mol. The fourth-order valence-electron chi connectivity index (χ4n) is 2.95. The molecule has 0 unspecified atom stereocenters. The number of hydrogen-bond donors (Lipinski definition) is 2. The van der Waals surface area contributed by atoms with Crippen LogP contribution in [0.1, 0.15) is 37.7 Å². The Hall–Kier alpha value is -1.76. The third kappa shape index (κ3) is 5.70. The van der Waals surface area contributed by atoms with E-state index in [1.54, 1.807) is 12.1 Å². The van der Waals surface area contributed by atoms with Crippen molar-refractivity contribution in [1.29, 1.82) is 0 Å². The van der Waals surface area contributed by atoms with Gasteiger partial charge in [-0.25, -0.2) is 13.2 Å². The lowest BCUT2D eigenvalue weighted by Crippen LogP contribution is -2.45. The van der Waals surface area contributed by atoms with Crippen LogP contribution in [0.2, 0.25) is 0 Å². The summed E-state index contributed by atoms with van der Waals surface area (Å²) in [5.74, 6) is 0. The van der Waals surface area contributed by atoms with Crippen molar-refractivity contribution in [2.24, 2.45) is 0 Å². The number of anilines is 1. The molecule has 1 aromatic carbocycles. The first-order valence-electron chi connectivity index (χ1n) is 8.45. The maximum Gasteiger partial charge on any atom is 0.315 e. The van der Waals surface area contributed by atoms with E-state index in [0.29, 0.717) is 5.69 Å². The standard InChI is InChI=1S/C17H27N3O3S/c1-14-8-10-16(11-9-14)20(24(2,22)23)13-12-18-17(21)19-15-6-4-3-5-7-15/h8-11,15H,3-7,12-13H2,1-2H3,(H2,18,19,21). The Bertz CT molecular complexity index is 638. The summed E-state index contributed by atoms with van der Waals surface area (Å²) >= 11 is 0. The zero-order valence-corrected chi connectivity index (χ0v) is 15.2. The molecule has 0 saturated heterocycles. The number of benzene rings is 1. The molecule has 0 heterocycles. The van der Waals surface area contributed by atoms with Crippen LogP contribution in [0.4, 0.5) is 10.5 Å². The molecule has 1 aromatic rings. The number of aryl methyl sites for hydroxylation is 1. The van der Waals surface area contributed by atoms with Crippen LogP contribution in [0.25, 0.3) is 0 Å². The molecule has 2 amide bonds. The quantitative estimate of drug-likeness (QED) is 0.824. The van der Waals surface area contributed by atoms with E-state index in [-0.39, 0.29) is 25.2 Å². The predicted octanol–water partition coefficient (Wildman–Crippen LogP) is 2.39. The van der Waals surface area contributed by atoms with Crippen LogP contribution >= 0.6 is 0 Å². The molecule has 1 aliphatic rings. The summed E-state index contributed by atoms with van der Waals surface area (Å²) in [6.45, 7) is 2.42. The van der Waals surface area contributed by atoms with Crippen molar-refractivity contribution in [3.8, 4) is 0 Å². The minimum Gasteiger partial charge on any atom is -0.336 e. The second-order valence-electron chi connectivity index (χ2n) is 6.41. The van der Waals surface area contributed by atoms with Gasteiger partial charge in [0.05, 0.1) is 18.5 Å². The Morgan fingerprint density at radius 2 is 1.79 bits per heavy atom. The molecule has 0 spiro atoms. The number of sulfonamides is 1. The lowest BCUT2D eigenvalue weighted by atomic mass is 9.96. The van der Waals surface area contributed by atoms with Crippen LogP contribution < -0.4 is 14.9 Å². The highest BCUT2D eigenvalue weighted by atomic mass is 32.2. The summed E-state index contributed by atoms with van der Waals surface area (Å²) in [6, 6.07) is 7.31. The van der Waals surface area contributed by atoms with Crippen LogP contribution in [0.5, 0.6) is 0 Å². The van der Waals surface area contributed by atoms with E-state index in [1.807, 2.05) is 19.1 Å². The van der Waals surface area contributed by atoms with Gasteiger partial charge in [-0.05, 0) is 31.9 Å². The average Bonchev–Trinajstić information content (AvgIpc) is 2.52. The van der Waals surface area contributed by atoms with Crippen molar-refractivity contribution in [1.82, 2.24) is 10.6 Å². The van der Waals surface area contributed by atoms with E-state index in [0.717, 1.165) is 31.2 Å². The van der Waals surface area contributed by atoms with Gasteiger partial charge in [-0.1, -0.05) is 37.0 Å². The summed E-state index contributed by atoms with van der Waals surface area (Å²) in [6.07, 6.45) is 6.76. The zero-order chi connectivity index (χ0) is 17.6. The summed E-state index contributed by atoms with van der Waals surface area (Å²) in [7, 11) is -3.39. The molecule has 1 aliphatic carbocycles. The SMILES string of the molecule is Cc1ccc(N(CCNC(=O)NC2CCCCC2)S(C)(=O)=O)cc1. The average molecular weight is 353 g/mol. The Balaban J connectivity index is 1.86. The van der Waals surface area contributed by atoms with E-state index in [9.17, 15) is 13.2 Å². The molecule has 2 rings (SSSR count). The van der Waals surface area contributed by atoms with Gasteiger partial charge in [0.2, 0.25) is 10.0 Å². The largest absolute Gasteiger partial charge is 0.336 e. The monoisotopic (exact) mass is 353 g/mol. The Morgan fingerprint density at radius 1 is 1.17 bits per heavy atom. The van der Waals surface area contributed by atoms with Gasteiger partial charge in [-0.3, -0.25) is 4.31 Å². The lowest BCUT2D eigenvalue weighted by molar-refractivity contribution is 0.233. The molecule has 1 saturated carbocycles. The van der Waals surface area contributed by atoms with Crippen molar-refractivity contribution >= 4 is 21.7 Å². The predicted molar refractivity (Wildman–Crippen MR) is 96.8 cm³/mol. The fraction of sp³-hybridized carbons (Fsp3) is 0.588. The molecule has 134 valence electrons. The number of carbonyl (C=O) groups is 1. The van der Waals surface area contributed by atoms with Gasteiger partial charge in [0.1, 0.15) is 0 Å². The molecule has 24 heavy (non-hydrogen) atoms. The summed E-state index contributed by atoms with van der Waals surface area (Å²) in [5, 5.41) is 5.72. The third-order valence-electron chi connectivity index (χ3n) is 4.26. The van der Waals surface area contributed by atoms with E-state index >= 15 is 0 Å². The second-order valence-corrected chi connectivity index (χ2v) is 8.31. The van der Waals surface area contributed by atoms with Gasteiger partial charge >= 0.3 is 6.03 Å². The summed E-state index contributed by atoms with van der Waals surface area (Å²) < 4.78 is 25.3. The number of hydrogen-bond acceptors (Lipinski definition) is 3. The molecule has 7 heteroatoms. The van der Waals surface area contributed by atoms with Gasteiger partial charge in [-0.15, -0.1) is 0 Å². The van der Waals surface area contributed by atoms with E-state index < -0.39 is 10.0 Å². The van der Waals surface area contributed by atoms with Gasteiger partial charge in [0.15, 0.2) is 0 Å². The van der Waals surface area contributed by atoms with Crippen LogP contribution in [-0.4, -0.2) is 39.8 Å². The zero-order valence-electron chi connectivity index (χ0n) is 14.4. The van der Waals surface area contributed by atoms with Gasteiger partial charge < -0.3 is 10.6 Å². The molecule has 6 nitrogen and oxygen atoms in total. The van der Waals surface area contributed by atoms with E-state index in [1.165, 1.54) is 17.0 Å². The summed E-state index contributed by atoms with van der Waals surface area (Å²) in [4.78, 5) is 11.9. The maximum atomic E-state index is 12.0. The van der Waals surface area contributed by atoms with Crippen molar-refractivity contribution in [2.75, 3.05) is 23.7 Å². The van der Waals surface area contributed by atoms with Gasteiger partial charge in [-0.2, -0.15) is 0 Å².